The van der Waals surface area contributed by atoms with Crippen LogP contribution >= 0.6 is 0 Å². The van der Waals surface area contributed by atoms with Gasteiger partial charge in [0.1, 0.15) is 0 Å². The van der Waals surface area contributed by atoms with Gasteiger partial charge in [0.15, 0.2) is 0 Å². The first-order valence-corrected chi connectivity index (χ1v) is 7.57. The van der Waals surface area contributed by atoms with Gasteiger partial charge in [0, 0.05) is 39.3 Å². The SMILES string of the molecule is CCOC1CCCN(C(C)C(=O)N2CCNCC2)C1. The van der Waals surface area contributed by atoms with Crippen molar-refractivity contribution in [2.45, 2.75) is 38.8 Å². The van der Waals surface area contributed by atoms with Crippen molar-refractivity contribution >= 4 is 5.91 Å². The number of piperazine rings is 1. The maximum absolute atomic E-state index is 12.5. The third kappa shape index (κ3) is 3.91. The van der Waals surface area contributed by atoms with Crippen LogP contribution in [0.25, 0.3) is 0 Å². The second-order valence-electron chi connectivity index (χ2n) is 5.47. The van der Waals surface area contributed by atoms with Crippen LogP contribution in [0.2, 0.25) is 0 Å². The molecule has 2 aliphatic rings. The van der Waals surface area contributed by atoms with Gasteiger partial charge in [-0.2, -0.15) is 0 Å². The number of hydrogen-bond donors (Lipinski definition) is 1. The van der Waals surface area contributed by atoms with Gasteiger partial charge in [-0.25, -0.2) is 0 Å². The maximum atomic E-state index is 12.5. The van der Waals surface area contributed by atoms with Gasteiger partial charge >= 0.3 is 0 Å². The van der Waals surface area contributed by atoms with Crippen molar-refractivity contribution in [3.8, 4) is 0 Å². The van der Waals surface area contributed by atoms with Crippen molar-refractivity contribution in [1.29, 1.82) is 0 Å². The van der Waals surface area contributed by atoms with E-state index in [-0.39, 0.29) is 11.9 Å². The number of nitrogens with zero attached hydrogens (tertiary/aromatic N) is 2. The van der Waals surface area contributed by atoms with E-state index in [0.29, 0.717) is 6.10 Å². The van der Waals surface area contributed by atoms with Gasteiger partial charge in [-0.3, -0.25) is 9.69 Å². The molecular weight excluding hydrogens is 242 g/mol. The highest BCUT2D eigenvalue weighted by Crippen LogP contribution is 2.17. The molecule has 2 unspecified atom stereocenters. The summed E-state index contributed by atoms with van der Waals surface area (Å²) in [6.07, 6.45) is 2.56. The molecule has 2 rings (SSSR count). The third-order valence-electron chi connectivity index (χ3n) is 4.15. The van der Waals surface area contributed by atoms with Crippen LogP contribution in [0.1, 0.15) is 26.7 Å². The Balaban J connectivity index is 1.86. The number of piperidine rings is 1. The number of carbonyl (C=O) groups is 1. The average molecular weight is 269 g/mol. The monoisotopic (exact) mass is 269 g/mol. The second kappa shape index (κ2) is 7.22. The summed E-state index contributed by atoms with van der Waals surface area (Å²) in [6, 6.07) is -0.0126. The molecule has 0 saturated carbocycles. The Labute approximate surface area is 116 Å². The lowest BCUT2D eigenvalue weighted by molar-refractivity contribution is -0.138. The van der Waals surface area contributed by atoms with Gasteiger partial charge in [0.2, 0.25) is 5.91 Å². The van der Waals surface area contributed by atoms with Gasteiger partial charge in [-0.05, 0) is 33.2 Å². The largest absolute Gasteiger partial charge is 0.377 e. The Kier molecular flexibility index (Phi) is 5.60. The molecule has 2 atom stereocenters. The fraction of sp³-hybridized carbons (Fsp3) is 0.929. The van der Waals surface area contributed by atoms with Crippen LogP contribution in [0.3, 0.4) is 0 Å². The molecule has 0 aliphatic carbocycles. The van der Waals surface area contributed by atoms with E-state index in [2.05, 4.69) is 10.2 Å². The number of likely N-dealkylation sites (tertiary alicyclic amines) is 1. The van der Waals surface area contributed by atoms with Crippen LogP contribution in [0, 0.1) is 0 Å². The molecular formula is C14H27N3O2. The molecule has 0 aromatic carbocycles. The Morgan fingerprint density at radius 3 is 2.79 bits per heavy atom. The first kappa shape index (κ1) is 14.8. The molecule has 0 aromatic rings. The van der Waals surface area contributed by atoms with Crippen molar-refractivity contribution < 1.29 is 9.53 Å². The normalized spacial score (nSPS) is 27.3. The second-order valence-corrected chi connectivity index (χ2v) is 5.47. The van der Waals surface area contributed by atoms with E-state index in [1.165, 1.54) is 0 Å². The standard InChI is InChI=1S/C14H27N3O2/c1-3-19-13-5-4-8-17(11-13)12(2)14(18)16-9-6-15-7-10-16/h12-13,15H,3-11H2,1-2H3. The summed E-state index contributed by atoms with van der Waals surface area (Å²) in [5, 5.41) is 3.28. The van der Waals surface area contributed by atoms with Crippen molar-refractivity contribution in [2.24, 2.45) is 0 Å². The summed E-state index contributed by atoms with van der Waals surface area (Å²) in [5.41, 5.74) is 0. The molecule has 2 fully saturated rings. The van der Waals surface area contributed by atoms with Crippen molar-refractivity contribution in [3.05, 3.63) is 0 Å². The summed E-state index contributed by atoms with van der Waals surface area (Å²) >= 11 is 0. The molecule has 1 amide bonds. The lowest BCUT2D eigenvalue weighted by atomic mass is 10.1. The molecule has 2 heterocycles. The van der Waals surface area contributed by atoms with Crippen molar-refractivity contribution in [3.63, 3.8) is 0 Å². The average Bonchev–Trinajstić information content (AvgIpc) is 2.47. The van der Waals surface area contributed by atoms with Gasteiger partial charge in [0.25, 0.3) is 0 Å². The number of rotatable bonds is 4. The zero-order valence-corrected chi connectivity index (χ0v) is 12.2. The Morgan fingerprint density at radius 2 is 2.11 bits per heavy atom. The van der Waals surface area contributed by atoms with Crippen molar-refractivity contribution in [1.82, 2.24) is 15.1 Å². The van der Waals surface area contributed by atoms with Crippen LogP contribution in [-0.2, 0) is 9.53 Å². The van der Waals surface area contributed by atoms with E-state index in [1.807, 2.05) is 18.7 Å². The van der Waals surface area contributed by atoms with Gasteiger partial charge in [-0.1, -0.05) is 0 Å². The number of hydrogen-bond acceptors (Lipinski definition) is 4. The molecule has 1 N–H and O–H groups in total. The molecule has 5 nitrogen and oxygen atoms in total. The minimum Gasteiger partial charge on any atom is -0.377 e. The fourth-order valence-electron chi connectivity index (χ4n) is 3.00. The molecule has 0 bridgehead atoms. The van der Waals surface area contributed by atoms with Crippen molar-refractivity contribution in [2.75, 3.05) is 45.9 Å². The van der Waals surface area contributed by atoms with Gasteiger partial charge in [0.05, 0.1) is 12.1 Å². The fourth-order valence-corrected chi connectivity index (χ4v) is 3.00. The quantitative estimate of drug-likeness (QED) is 0.798. The topological polar surface area (TPSA) is 44.8 Å². The molecule has 0 aromatic heterocycles. The highest BCUT2D eigenvalue weighted by atomic mass is 16.5. The summed E-state index contributed by atoms with van der Waals surface area (Å²) in [4.78, 5) is 16.8. The van der Waals surface area contributed by atoms with E-state index in [0.717, 1.165) is 58.7 Å². The van der Waals surface area contributed by atoms with Gasteiger partial charge in [-0.15, -0.1) is 0 Å². The number of nitrogens with one attached hydrogen (secondary N) is 1. The number of amides is 1. The molecule has 19 heavy (non-hydrogen) atoms. The van der Waals surface area contributed by atoms with Gasteiger partial charge < -0.3 is 15.0 Å². The summed E-state index contributed by atoms with van der Waals surface area (Å²) < 4.78 is 5.71. The van der Waals surface area contributed by atoms with E-state index < -0.39 is 0 Å². The lowest BCUT2D eigenvalue weighted by Gasteiger charge is -2.38. The third-order valence-corrected chi connectivity index (χ3v) is 4.15. The lowest BCUT2D eigenvalue weighted by Crippen LogP contribution is -2.55. The summed E-state index contributed by atoms with van der Waals surface area (Å²) in [7, 11) is 0. The summed E-state index contributed by atoms with van der Waals surface area (Å²) in [6.45, 7) is 10.3. The minimum absolute atomic E-state index is 0.0126. The predicted molar refractivity (Wildman–Crippen MR) is 75.1 cm³/mol. The molecule has 0 radical (unpaired) electrons. The van der Waals surface area contributed by atoms with E-state index in [4.69, 9.17) is 4.74 Å². The molecule has 5 heteroatoms. The molecule has 2 saturated heterocycles. The molecule has 2 aliphatic heterocycles. The minimum atomic E-state index is -0.0126. The van der Waals surface area contributed by atoms with Crippen LogP contribution in [-0.4, -0.2) is 73.7 Å². The van der Waals surface area contributed by atoms with Crippen LogP contribution in [0.4, 0.5) is 0 Å². The first-order valence-electron chi connectivity index (χ1n) is 7.57. The zero-order chi connectivity index (χ0) is 13.7. The zero-order valence-electron chi connectivity index (χ0n) is 12.2. The number of ether oxygens (including phenoxy) is 1. The van der Waals surface area contributed by atoms with E-state index in [1.54, 1.807) is 0 Å². The smallest absolute Gasteiger partial charge is 0.239 e. The maximum Gasteiger partial charge on any atom is 0.239 e. The highest BCUT2D eigenvalue weighted by molar-refractivity contribution is 5.81. The molecule has 0 spiro atoms. The highest BCUT2D eigenvalue weighted by Gasteiger charge is 2.30. The Bertz CT molecular complexity index is 290. The molecule has 110 valence electrons. The Hall–Kier alpha value is -0.650. The van der Waals surface area contributed by atoms with E-state index in [9.17, 15) is 4.79 Å². The van der Waals surface area contributed by atoms with E-state index >= 15 is 0 Å². The predicted octanol–water partition coefficient (Wildman–Crippen LogP) is 0.308. The van der Waals surface area contributed by atoms with Crippen LogP contribution < -0.4 is 5.32 Å². The first-order chi connectivity index (χ1) is 9.22. The number of carbonyl (C=O) groups excluding carboxylic acids is 1. The Morgan fingerprint density at radius 1 is 1.37 bits per heavy atom. The van der Waals surface area contributed by atoms with Crippen LogP contribution in [0.15, 0.2) is 0 Å². The summed E-state index contributed by atoms with van der Waals surface area (Å²) in [5.74, 6) is 0.277. The van der Waals surface area contributed by atoms with Crippen LogP contribution in [0.5, 0.6) is 0 Å².